The van der Waals surface area contributed by atoms with E-state index in [1.54, 1.807) is 19.2 Å². The molecule has 0 atom stereocenters. The third-order valence-corrected chi connectivity index (χ3v) is 6.60. The van der Waals surface area contributed by atoms with Crippen LogP contribution >= 0.6 is 43.2 Å². The third-order valence-electron chi connectivity index (χ3n) is 2.69. The van der Waals surface area contributed by atoms with Crippen molar-refractivity contribution < 1.29 is 8.42 Å². The first-order valence-electron chi connectivity index (χ1n) is 5.55. The first-order valence-corrected chi connectivity index (χ1v) is 9.45. The summed E-state index contributed by atoms with van der Waals surface area (Å²) in [6.45, 7) is 0.302. The molecule has 0 bridgehead atoms. The van der Waals surface area contributed by atoms with Crippen LogP contribution in [0.25, 0.3) is 0 Å². The van der Waals surface area contributed by atoms with Gasteiger partial charge in [-0.2, -0.15) is 4.31 Å². The summed E-state index contributed by atoms with van der Waals surface area (Å²) in [7, 11) is -2.07. The fourth-order valence-electron chi connectivity index (χ4n) is 1.67. The second kappa shape index (κ2) is 6.15. The number of hydrogen-bond donors (Lipinski definition) is 1. The Hall–Kier alpha value is -0.410. The minimum atomic E-state index is -3.61. The molecule has 0 aliphatic heterocycles. The smallest absolute Gasteiger partial charge is 0.245 e. The van der Waals surface area contributed by atoms with Crippen molar-refractivity contribution in [2.75, 3.05) is 12.8 Å². The van der Waals surface area contributed by atoms with E-state index in [4.69, 9.17) is 5.73 Å². The fourth-order valence-corrected chi connectivity index (χ4v) is 4.68. The van der Waals surface area contributed by atoms with E-state index in [2.05, 4.69) is 31.9 Å². The molecule has 0 aliphatic carbocycles. The minimum absolute atomic E-state index is 0.115. The zero-order chi connectivity index (χ0) is 14.9. The normalized spacial score (nSPS) is 12.0. The maximum Gasteiger partial charge on any atom is 0.245 e. The molecule has 1 aromatic heterocycles. The van der Waals surface area contributed by atoms with Crippen molar-refractivity contribution in [2.45, 2.75) is 11.4 Å². The van der Waals surface area contributed by atoms with Crippen LogP contribution in [0.4, 0.5) is 5.69 Å². The van der Waals surface area contributed by atoms with Gasteiger partial charge >= 0.3 is 0 Å². The Kier molecular flexibility index (Phi) is 4.91. The van der Waals surface area contributed by atoms with E-state index < -0.39 is 10.0 Å². The van der Waals surface area contributed by atoms with Crippen molar-refractivity contribution in [2.24, 2.45) is 0 Å². The average Bonchev–Trinajstić information content (AvgIpc) is 2.77. The number of nitrogens with zero attached hydrogens (tertiary/aromatic N) is 1. The number of rotatable bonds is 4. The summed E-state index contributed by atoms with van der Waals surface area (Å²) in [6, 6.07) is 6.71. The van der Waals surface area contributed by atoms with Gasteiger partial charge in [-0.15, -0.1) is 11.3 Å². The summed E-state index contributed by atoms with van der Waals surface area (Å²) in [5.74, 6) is 0. The van der Waals surface area contributed by atoms with Crippen LogP contribution in [-0.2, 0) is 16.6 Å². The lowest BCUT2D eigenvalue weighted by atomic mass is 10.3. The maximum atomic E-state index is 12.5. The molecule has 0 saturated heterocycles. The van der Waals surface area contributed by atoms with Gasteiger partial charge in [-0.3, -0.25) is 0 Å². The van der Waals surface area contributed by atoms with Gasteiger partial charge in [0.1, 0.15) is 4.90 Å². The number of halogens is 2. The third kappa shape index (κ3) is 3.43. The Labute approximate surface area is 138 Å². The molecule has 0 unspecified atom stereocenters. The molecule has 20 heavy (non-hydrogen) atoms. The Balaban J connectivity index is 2.32. The molecule has 108 valence electrons. The quantitative estimate of drug-likeness (QED) is 0.739. The maximum absolute atomic E-state index is 12.5. The molecule has 8 heteroatoms. The van der Waals surface area contributed by atoms with Crippen molar-refractivity contribution in [1.29, 1.82) is 0 Å². The minimum Gasteiger partial charge on any atom is -0.398 e. The van der Waals surface area contributed by atoms with E-state index in [0.29, 0.717) is 11.0 Å². The highest BCUT2D eigenvalue weighted by atomic mass is 79.9. The Morgan fingerprint density at radius 2 is 2.00 bits per heavy atom. The molecule has 0 amide bonds. The van der Waals surface area contributed by atoms with Gasteiger partial charge in [0.15, 0.2) is 0 Å². The molecule has 4 nitrogen and oxygen atoms in total. The molecule has 2 N–H and O–H groups in total. The van der Waals surface area contributed by atoms with Crippen LogP contribution in [0.5, 0.6) is 0 Å². The zero-order valence-corrected chi connectivity index (χ0v) is 15.3. The van der Waals surface area contributed by atoms with E-state index in [0.717, 1.165) is 9.35 Å². The van der Waals surface area contributed by atoms with Crippen molar-refractivity contribution in [1.82, 2.24) is 4.31 Å². The van der Waals surface area contributed by atoms with Crippen LogP contribution in [0, 0.1) is 0 Å². The Bertz CT molecular complexity index is 729. The largest absolute Gasteiger partial charge is 0.398 e. The first kappa shape index (κ1) is 16.0. The van der Waals surface area contributed by atoms with Gasteiger partial charge in [0, 0.05) is 18.1 Å². The van der Waals surface area contributed by atoms with Crippen LogP contribution in [0.15, 0.2) is 42.8 Å². The van der Waals surface area contributed by atoms with E-state index in [9.17, 15) is 8.42 Å². The number of hydrogen-bond acceptors (Lipinski definition) is 4. The molecule has 0 aliphatic rings. The van der Waals surface area contributed by atoms with E-state index in [1.165, 1.54) is 21.7 Å². The van der Waals surface area contributed by atoms with Crippen LogP contribution in [0.3, 0.4) is 0 Å². The van der Waals surface area contributed by atoms with Crippen molar-refractivity contribution >= 4 is 58.9 Å². The molecular formula is C12H12Br2N2O2S2. The Morgan fingerprint density at radius 1 is 1.30 bits per heavy atom. The van der Waals surface area contributed by atoms with Crippen LogP contribution in [-0.4, -0.2) is 19.8 Å². The molecule has 2 aromatic rings. The van der Waals surface area contributed by atoms with Crippen molar-refractivity contribution in [3.63, 3.8) is 0 Å². The van der Waals surface area contributed by atoms with Gasteiger partial charge in [-0.25, -0.2) is 8.42 Å². The number of benzene rings is 1. The van der Waals surface area contributed by atoms with E-state index in [-0.39, 0.29) is 10.6 Å². The summed E-state index contributed by atoms with van der Waals surface area (Å²) in [5, 5.41) is 1.92. The lowest BCUT2D eigenvalue weighted by Gasteiger charge is -2.18. The summed E-state index contributed by atoms with van der Waals surface area (Å²) in [4.78, 5) is 0.115. The highest BCUT2D eigenvalue weighted by Crippen LogP contribution is 2.27. The standard InChI is InChI=1S/C12H12Br2N2O2S2/c1-16(6-8-4-12(14)19-7-8)20(17,18)11-5-9(13)2-3-10(11)15/h2-5,7H,6,15H2,1H3. The summed E-state index contributed by atoms with van der Waals surface area (Å²) in [5.41, 5.74) is 6.95. The van der Waals surface area contributed by atoms with Gasteiger partial charge in [-0.05, 0) is 51.1 Å². The lowest BCUT2D eigenvalue weighted by Crippen LogP contribution is -2.27. The predicted octanol–water partition coefficient (Wildman–Crippen LogP) is 3.68. The highest BCUT2D eigenvalue weighted by Gasteiger charge is 2.24. The molecular weight excluding hydrogens is 428 g/mol. The first-order chi connectivity index (χ1) is 9.30. The van der Waals surface area contributed by atoms with Gasteiger partial charge in [0.25, 0.3) is 0 Å². The SMILES string of the molecule is CN(Cc1csc(Br)c1)S(=O)(=O)c1cc(Br)ccc1N. The summed E-state index contributed by atoms with van der Waals surface area (Å²) >= 11 is 8.15. The Morgan fingerprint density at radius 3 is 2.60 bits per heavy atom. The zero-order valence-electron chi connectivity index (χ0n) is 10.5. The van der Waals surface area contributed by atoms with Crippen LogP contribution < -0.4 is 5.73 Å². The monoisotopic (exact) mass is 438 g/mol. The molecule has 2 rings (SSSR count). The lowest BCUT2D eigenvalue weighted by molar-refractivity contribution is 0.467. The van der Waals surface area contributed by atoms with E-state index in [1.807, 2.05) is 11.4 Å². The molecule has 0 fully saturated rings. The number of nitrogens with two attached hydrogens (primary N) is 1. The molecule has 1 heterocycles. The van der Waals surface area contributed by atoms with Crippen molar-refractivity contribution in [3.05, 3.63) is 43.5 Å². The second-order valence-electron chi connectivity index (χ2n) is 4.20. The van der Waals surface area contributed by atoms with Gasteiger partial charge in [0.05, 0.1) is 9.47 Å². The molecule has 0 spiro atoms. The predicted molar refractivity (Wildman–Crippen MR) is 89.2 cm³/mol. The fraction of sp³-hybridized carbons (Fsp3) is 0.167. The van der Waals surface area contributed by atoms with Crippen molar-refractivity contribution in [3.8, 4) is 0 Å². The molecule has 1 aromatic carbocycles. The highest BCUT2D eigenvalue weighted by molar-refractivity contribution is 9.11. The second-order valence-corrected chi connectivity index (χ2v) is 9.42. The number of thiophene rings is 1. The van der Waals surface area contributed by atoms with Crippen LogP contribution in [0.2, 0.25) is 0 Å². The average molecular weight is 440 g/mol. The molecule has 0 saturated carbocycles. The summed E-state index contributed by atoms with van der Waals surface area (Å²) in [6.07, 6.45) is 0. The number of nitrogen functional groups attached to an aromatic ring is 1. The number of sulfonamides is 1. The van der Waals surface area contributed by atoms with Gasteiger partial charge < -0.3 is 5.73 Å². The van der Waals surface area contributed by atoms with Crippen LogP contribution in [0.1, 0.15) is 5.56 Å². The topological polar surface area (TPSA) is 63.4 Å². The van der Waals surface area contributed by atoms with Gasteiger partial charge in [0.2, 0.25) is 10.0 Å². The van der Waals surface area contributed by atoms with E-state index >= 15 is 0 Å². The van der Waals surface area contributed by atoms with Gasteiger partial charge in [-0.1, -0.05) is 15.9 Å². The number of anilines is 1. The molecule has 0 radical (unpaired) electrons. The summed E-state index contributed by atoms with van der Waals surface area (Å²) < 4.78 is 28.0.